The molecule has 21 heavy (non-hydrogen) atoms. The number of carbonyl (C=O) groups excluding carboxylic acids is 1. The fourth-order valence-corrected chi connectivity index (χ4v) is 3.15. The highest BCUT2D eigenvalue weighted by Crippen LogP contribution is 2.33. The Morgan fingerprint density at radius 1 is 1.38 bits per heavy atom. The predicted octanol–water partition coefficient (Wildman–Crippen LogP) is 1.94. The molecule has 0 saturated heterocycles. The molecule has 3 rings (SSSR count). The molecular weight excluding hydrogens is 268 g/mol. The molecule has 0 spiro atoms. The van der Waals surface area contributed by atoms with Crippen LogP contribution in [0.25, 0.3) is 0 Å². The topological polar surface area (TPSA) is 73.6 Å². The molecule has 1 fully saturated rings. The van der Waals surface area contributed by atoms with E-state index in [2.05, 4.69) is 5.32 Å². The van der Waals surface area contributed by atoms with Gasteiger partial charge < -0.3 is 20.5 Å². The Kier molecular flexibility index (Phi) is 3.76. The number of fused-ring (bicyclic) bond motifs is 1. The average Bonchev–Trinajstić information content (AvgIpc) is 2.91. The molecule has 0 aromatic heterocycles. The van der Waals surface area contributed by atoms with E-state index < -0.39 is 5.54 Å². The van der Waals surface area contributed by atoms with Crippen molar-refractivity contribution in [1.29, 1.82) is 0 Å². The Hall–Kier alpha value is -1.75. The van der Waals surface area contributed by atoms with Gasteiger partial charge in [0.1, 0.15) is 0 Å². The molecule has 1 aromatic carbocycles. The molecule has 0 radical (unpaired) electrons. The van der Waals surface area contributed by atoms with Crippen LogP contribution in [0.3, 0.4) is 0 Å². The number of ether oxygens (including phenoxy) is 2. The van der Waals surface area contributed by atoms with Gasteiger partial charge in [-0.2, -0.15) is 0 Å². The molecule has 2 atom stereocenters. The van der Waals surface area contributed by atoms with Crippen molar-refractivity contribution in [2.75, 3.05) is 6.79 Å². The summed E-state index contributed by atoms with van der Waals surface area (Å²) in [7, 11) is 0. The Labute approximate surface area is 124 Å². The molecule has 2 aliphatic rings. The minimum atomic E-state index is -0.392. The first-order valence-corrected chi connectivity index (χ1v) is 7.51. The van der Waals surface area contributed by atoms with E-state index in [4.69, 9.17) is 15.2 Å². The Bertz CT molecular complexity index is 542. The van der Waals surface area contributed by atoms with Gasteiger partial charge in [0.05, 0.1) is 5.92 Å². The molecule has 5 nitrogen and oxygen atoms in total. The van der Waals surface area contributed by atoms with Crippen molar-refractivity contribution in [3.8, 4) is 11.5 Å². The van der Waals surface area contributed by atoms with Crippen molar-refractivity contribution >= 4 is 5.91 Å². The zero-order chi connectivity index (χ0) is 14.9. The zero-order valence-corrected chi connectivity index (χ0v) is 12.4. The molecule has 1 heterocycles. The first kappa shape index (κ1) is 14.2. The Morgan fingerprint density at radius 3 is 3.00 bits per heavy atom. The van der Waals surface area contributed by atoms with Crippen LogP contribution in [0.4, 0.5) is 0 Å². The lowest BCUT2D eigenvalue weighted by Crippen LogP contribution is -2.52. The van der Waals surface area contributed by atoms with Gasteiger partial charge in [-0.25, -0.2) is 0 Å². The summed E-state index contributed by atoms with van der Waals surface area (Å²) >= 11 is 0. The average molecular weight is 290 g/mol. The minimum Gasteiger partial charge on any atom is -0.454 e. The molecule has 1 aromatic rings. The van der Waals surface area contributed by atoms with Gasteiger partial charge >= 0.3 is 0 Å². The highest BCUT2D eigenvalue weighted by Gasteiger charge is 2.37. The van der Waals surface area contributed by atoms with E-state index in [1.807, 2.05) is 25.1 Å². The van der Waals surface area contributed by atoms with Crippen LogP contribution in [0.5, 0.6) is 11.5 Å². The maximum Gasteiger partial charge on any atom is 0.231 e. The summed E-state index contributed by atoms with van der Waals surface area (Å²) in [4.78, 5) is 12.4. The standard InChI is InChI=1S/C16H22N2O3/c1-16(17)7-3-2-4-12(16)15(19)18-9-11-5-6-13-14(8-11)21-10-20-13/h5-6,8,12H,2-4,7,9-10,17H2,1H3,(H,18,19). The third kappa shape index (κ3) is 2.97. The second kappa shape index (κ2) is 5.56. The highest BCUT2D eigenvalue weighted by atomic mass is 16.7. The fraction of sp³-hybridized carbons (Fsp3) is 0.562. The summed E-state index contributed by atoms with van der Waals surface area (Å²) in [6.07, 6.45) is 3.98. The molecule has 1 aliphatic heterocycles. The molecule has 1 amide bonds. The van der Waals surface area contributed by atoms with Gasteiger partial charge in [-0.15, -0.1) is 0 Å². The second-order valence-corrected chi connectivity index (χ2v) is 6.21. The summed E-state index contributed by atoms with van der Waals surface area (Å²) in [5.41, 5.74) is 6.88. The fourth-order valence-electron chi connectivity index (χ4n) is 3.15. The highest BCUT2D eigenvalue weighted by molar-refractivity contribution is 5.80. The predicted molar refractivity (Wildman–Crippen MR) is 79.0 cm³/mol. The quantitative estimate of drug-likeness (QED) is 0.892. The van der Waals surface area contributed by atoms with Crippen LogP contribution in [0.15, 0.2) is 18.2 Å². The summed E-state index contributed by atoms with van der Waals surface area (Å²) in [6, 6.07) is 5.72. The number of nitrogens with one attached hydrogen (secondary N) is 1. The van der Waals surface area contributed by atoms with Crippen molar-refractivity contribution in [3.05, 3.63) is 23.8 Å². The number of benzene rings is 1. The molecule has 0 bridgehead atoms. The van der Waals surface area contributed by atoms with Crippen LogP contribution in [-0.2, 0) is 11.3 Å². The zero-order valence-electron chi connectivity index (χ0n) is 12.4. The molecule has 114 valence electrons. The Balaban J connectivity index is 1.60. The van der Waals surface area contributed by atoms with Crippen molar-refractivity contribution in [2.45, 2.75) is 44.7 Å². The van der Waals surface area contributed by atoms with Crippen LogP contribution >= 0.6 is 0 Å². The first-order valence-electron chi connectivity index (χ1n) is 7.51. The van der Waals surface area contributed by atoms with E-state index in [-0.39, 0.29) is 18.6 Å². The van der Waals surface area contributed by atoms with Gasteiger partial charge in [0.25, 0.3) is 0 Å². The molecule has 1 aliphatic carbocycles. The molecule has 1 saturated carbocycles. The van der Waals surface area contributed by atoms with Gasteiger partial charge in [0.15, 0.2) is 11.5 Å². The number of amides is 1. The van der Waals surface area contributed by atoms with Crippen LogP contribution in [0.2, 0.25) is 0 Å². The second-order valence-electron chi connectivity index (χ2n) is 6.21. The number of nitrogens with two attached hydrogens (primary N) is 1. The summed E-state index contributed by atoms with van der Waals surface area (Å²) in [6.45, 7) is 2.73. The number of hydrogen-bond acceptors (Lipinski definition) is 4. The van der Waals surface area contributed by atoms with Crippen LogP contribution in [0.1, 0.15) is 38.2 Å². The minimum absolute atomic E-state index is 0.0531. The summed E-state index contributed by atoms with van der Waals surface area (Å²) in [5.74, 6) is 1.45. The lowest BCUT2D eigenvalue weighted by Gasteiger charge is -2.37. The third-order valence-electron chi connectivity index (χ3n) is 4.47. The van der Waals surface area contributed by atoms with Crippen molar-refractivity contribution in [3.63, 3.8) is 0 Å². The first-order chi connectivity index (χ1) is 10.1. The molecular formula is C16H22N2O3. The maximum absolute atomic E-state index is 12.4. The van der Waals surface area contributed by atoms with Gasteiger partial charge in [-0.1, -0.05) is 18.9 Å². The molecule has 2 unspecified atom stereocenters. The number of hydrogen-bond donors (Lipinski definition) is 2. The molecule has 3 N–H and O–H groups in total. The van der Waals surface area contributed by atoms with Crippen LogP contribution < -0.4 is 20.5 Å². The third-order valence-corrected chi connectivity index (χ3v) is 4.47. The number of carbonyl (C=O) groups is 1. The maximum atomic E-state index is 12.4. The van der Waals surface area contributed by atoms with E-state index in [9.17, 15) is 4.79 Å². The summed E-state index contributed by atoms with van der Waals surface area (Å²) < 4.78 is 10.6. The SMILES string of the molecule is CC1(N)CCCCC1C(=O)NCc1ccc2c(c1)OCO2. The van der Waals surface area contributed by atoms with Gasteiger partial charge in [0, 0.05) is 12.1 Å². The smallest absolute Gasteiger partial charge is 0.231 e. The lowest BCUT2D eigenvalue weighted by molar-refractivity contribution is -0.128. The van der Waals surface area contributed by atoms with Gasteiger partial charge in [0.2, 0.25) is 12.7 Å². The molecule has 5 heteroatoms. The van der Waals surface area contributed by atoms with Gasteiger partial charge in [-0.3, -0.25) is 4.79 Å². The van der Waals surface area contributed by atoms with E-state index in [1.54, 1.807) is 0 Å². The van der Waals surface area contributed by atoms with Crippen molar-refractivity contribution < 1.29 is 14.3 Å². The van der Waals surface area contributed by atoms with Crippen molar-refractivity contribution in [1.82, 2.24) is 5.32 Å². The van der Waals surface area contributed by atoms with Crippen LogP contribution in [0, 0.1) is 5.92 Å². The van der Waals surface area contributed by atoms with E-state index in [0.29, 0.717) is 6.54 Å². The lowest BCUT2D eigenvalue weighted by atomic mass is 9.74. The normalized spacial score (nSPS) is 27.4. The monoisotopic (exact) mass is 290 g/mol. The Morgan fingerprint density at radius 2 is 2.19 bits per heavy atom. The van der Waals surface area contributed by atoms with Crippen molar-refractivity contribution in [2.24, 2.45) is 11.7 Å². The largest absolute Gasteiger partial charge is 0.454 e. The van der Waals surface area contributed by atoms with Gasteiger partial charge in [-0.05, 0) is 37.5 Å². The van der Waals surface area contributed by atoms with E-state index >= 15 is 0 Å². The van der Waals surface area contributed by atoms with E-state index in [1.165, 1.54) is 0 Å². The van der Waals surface area contributed by atoms with Crippen LogP contribution in [-0.4, -0.2) is 18.2 Å². The van der Waals surface area contributed by atoms with E-state index in [0.717, 1.165) is 42.7 Å². The summed E-state index contributed by atoms with van der Waals surface area (Å²) in [5, 5.41) is 3.00. The number of rotatable bonds is 3.